The van der Waals surface area contributed by atoms with Crippen molar-refractivity contribution in [1.29, 1.82) is 0 Å². The van der Waals surface area contributed by atoms with E-state index in [2.05, 4.69) is 44.5 Å². The minimum atomic E-state index is -0.193. The van der Waals surface area contributed by atoms with Crippen molar-refractivity contribution in [3.8, 4) is 17.2 Å². The Morgan fingerprint density at radius 1 is 1.14 bits per heavy atom. The Labute approximate surface area is 214 Å². The molecule has 4 aromatic rings. The van der Waals surface area contributed by atoms with Gasteiger partial charge in [-0.3, -0.25) is 9.78 Å². The van der Waals surface area contributed by atoms with Crippen LogP contribution in [0, 0.1) is 0 Å². The van der Waals surface area contributed by atoms with Crippen molar-refractivity contribution in [3.63, 3.8) is 0 Å². The summed E-state index contributed by atoms with van der Waals surface area (Å²) in [5.74, 6) is 2.49. The Hall–Kier alpha value is -4.30. The Morgan fingerprint density at radius 3 is 2.97 bits per heavy atom. The second kappa shape index (κ2) is 9.99. The number of methoxy groups -OCH3 is 1. The summed E-state index contributed by atoms with van der Waals surface area (Å²) in [6, 6.07) is 19.8. The summed E-state index contributed by atoms with van der Waals surface area (Å²) in [5, 5.41) is 3.45. The van der Waals surface area contributed by atoms with Crippen LogP contribution in [-0.2, 0) is 17.7 Å². The Morgan fingerprint density at radius 2 is 2.08 bits per heavy atom. The van der Waals surface area contributed by atoms with Gasteiger partial charge < -0.3 is 29.4 Å². The molecule has 8 heteroatoms. The first kappa shape index (κ1) is 23.1. The van der Waals surface area contributed by atoms with Gasteiger partial charge in [-0.2, -0.15) is 0 Å². The van der Waals surface area contributed by atoms with Gasteiger partial charge in [-0.15, -0.1) is 0 Å². The van der Waals surface area contributed by atoms with E-state index in [4.69, 9.17) is 14.2 Å². The average Bonchev–Trinajstić information content (AvgIpc) is 2.95. The maximum Gasteiger partial charge on any atom is 0.271 e. The van der Waals surface area contributed by atoms with Crippen LogP contribution >= 0.6 is 0 Å². The first-order valence-corrected chi connectivity index (χ1v) is 12.4. The zero-order valence-corrected chi connectivity index (χ0v) is 20.6. The van der Waals surface area contributed by atoms with Crippen molar-refractivity contribution in [2.75, 3.05) is 37.0 Å². The molecule has 0 amide bonds. The molecule has 2 aromatic carbocycles. The highest BCUT2D eigenvalue weighted by molar-refractivity contribution is 5.59. The number of H-pyrrole nitrogens is 1. The van der Waals surface area contributed by atoms with Gasteiger partial charge in [-0.1, -0.05) is 18.2 Å². The fourth-order valence-corrected chi connectivity index (χ4v) is 4.95. The van der Waals surface area contributed by atoms with Gasteiger partial charge in [-0.05, 0) is 42.0 Å². The Kier molecular flexibility index (Phi) is 6.24. The largest absolute Gasteiger partial charge is 0.497 e. The van der Waals surface area contributed by atoms with Gasteiger partial charge in [0, 0.05) is 54.8 Å². The summed E-state index contributed by atoms with van der Waals surface area (Å²) in [4.78, 5) is 21.6. The molecule has 2 aromatic heterocycles. The highest BCUT2D eigenvalue weighted by atomic mass is 16.5. The monoisotopic (exact) mass is 496 g/mol. The second-order valence-corrected chi connectivity index (χ2v) is 9.17. The van der Waals surface area contributed by atoms with Crippen LogP contribution in [0.2, 0.25) is 0 Å². The number of aromatic nitrogens is 2. The average molecular weight is 497 g/mol. The quantitative estimate of drug-likeness (QED) is 0.353. The minimum Gasteiger partial charge on any atom is -0.497 e. The molecule has 1 atom stereocenters. The molecule has 4 heterocycles. The van der Waals surface area contributed by atoms with Crippen LogP contribution in [0.5, 0.6) is 17.2 Å². The predicted octanol–water partition coefficient (Wildman–Crippen LogP) is 4.67. The molecule has 2 aliphatic heterocycles. The number of pyridine rings is 2. The maximum atomic E-state index is 12.3. The highest BCUT2D eigenvalue weighted by Gasteiger charge is 2.29. The minimum absolute atomic E-state index is 0.0879. The number of anilines is 2. The molecule has 1 fully saturated rings. The summed E-state index contributed by atoms with van der Waals surface area (Å²) in [7, 11) is 1.65. The number of fused-ring (bicyclic) bond motifs is 2. The zero-order valence-electron chi connectivity index (χ0n) is 20.6. The third kappa shape index (κ3) is 4.75. The molecule has 0 aliphatic carbocycles. The molecule has 0 saturated carbocycles. The number of nitrogens with zero attached hydrogens (tertiary/aromatic N) is 2. The van der Waals surface area contributed by atoms with Crippen LogP contribution in [0.15, 0.2) is 77.9 Å². The first-order valence-electron chi connectivity index (χ1n) is 12.4. The van der Waals surface area contributed by atoms with Crippen molar-refractivity contribution >= 4 is 11.4 Å². The van der Waals surface area contributed by atoms with Crippen LogP contribution in [0.4, 0.5) is 11.4 Å². The van der Waals surface area contributed by atoms with E-state index < -0.39 is 0 Å². The molecule has 2 N–H and O–H groups in total. The van der Waals surface area contributed by atoms with E-state index in [1.165, 1.54) is 0 Å². The molecule has 0 radical (unpaired) electrons. The molecule has 188 valence electrons. The Bertz CT molecular complexity index is 1480. The summed E-state index contributed by atoms with van der Waals surface area (Å²) in [6.07, 6.45) is 3.97. The smallest absolute Gasteiger partial charge is 0.271 e. The molecule has 2 aliphatic rings. The van der Waals surface area contributed by atoms with Gasteiger partial charge >= 0.3 is 0 Å². The number of hydrogen-bond acceptors (Lipinski definition) is 7. The number of morpholine rings is 1. The van der Waals surface area contributed by atoms with Crippen LogP contribution in [0.1, 0.15) is 28.5 Å². The fourth-order valence-electron chi connectivity index (χ4n) is 4.95. The lowest BCUT2D eigenvalue weighted by atomic mass is 9.95. The van der Waals surface area contributed by atoms with Crippen LogP contribution in [-0.4, -0.2) is 36.8 Å². The molecule has 0 bridgehead atoms. The number of para-hydroxylation sites is 1. The van der Waals surface area contributed by atoms with Gasteiger partial charge in [0.05, 0.1) is 26.0 Å². The molecule has 0 spiro atoms. The lowest BCUT2D eigenvalue weighted by Gasteiger charge is -2.35. The zero-order chi connectivity index (χ0) is 25.2. The van der Waals surface area contributed by atoms with E-state index in [0.717, 1.165) is 51.7 Å². The topological polar surface area (TPSA) is 88.7 Å². The third-order valence-electron chi connectivity index (χ3n) is 6.83. The lowest BCUT2D eigenvalue weighted by molar-refractivity contribution is 0.0383. The molecule has 1 saturated heterocycles. The fraction of sp³-hybridized carbons (Fsp3) is 0.241. The van der Waals surface area contributed by atoms with E-state index in [0.29, 0.717) is 31.9 Å². The van der Waals surface area contributed by atoms with Crippen molar-refractivity contribution in [2.45, 2.75) is 19.1 Å². The van der Waals surface area contributed by atoms with E-state index >= 15 is 0 Å². The molecule has 8 nitrogen and oxygen atoms in total. The van der Waals surface area contributed by atoms with Crippen molar-refractivity contribution < 1.29 is 14.2 Å². The first-order chi connectivity index (χ1) is 18.2. The summed E-state index contributed by atoms with van der Waals surface area (Å²) in [6.45, 7) is 2.39. The maximum absolute atomic E-state index is 12.3. The van der Waals surface area contributed by atoms with E-state index in [9.17, 15) is 4.79 Å². The molecule has 1 unspecified atom stereocenters. The molecular formula is C29H28N4O4. The summed E-state index contributed by atoms with van der Waals surface area (Å²) < 4.78 is 17.9. The van der Waals surface area contributed by atoms with Crippen molar-refractivity contribution in [3.05, 3.63) is 106 Å². The molecule has 37 heavy (non-hydrogen) atoms. The van der Waals surface area contributed by atoms with Gasteiger partial charge in [0.2, 0.25) is 0 Å². The normalized spacial score (nSPS) is 16.4. The van der Waals surface area contributed by atoms with Crippen LogP contribution in [0.3, 0.4) is 0 Å². The van der Waals surface area contributed by atoms with Gasteiger partial charge in [0.25, 0.3) is 5.56 Å². The lowest BCUT2D eigenvalue weighted by Crippen LogP contribution is -2.41. The van der Waals surface area contributed by atoms with E-state index in [1.807, 2.05) is 36.4 Å². The number of aromatic amines is 1. The standard InChI is InChI=1S/C29H28N4O4/c1-35-23-9-11-30-22(16-23)17-32-21-7-8-26-20(15-21)14-19-4-2-5-24(28(19)37-26)27-18-33(12-13-36-27)25-6-3-10-31-29(25)34/h2-11,15-16,27,32H,12-14,17-18H2,1H3,(H,31,34). The van der Waals surface area contributed by atoms with Crippen LogP contribution < -0.4 is 25.2 Å². The van der Waals surface area contributed by atoms with Gasteiger partial charge in [0.15, 0.2) is 0 Å². The predicted molar refractivity (Wildman–Crippen MR) is 142 cm³/mol. The number of benzene rings is 2. The third-order valence-corrected chi connectivity index (χ3v) is 6.83. The van der Waals surface area contributed by atoms with Crippen molar-refractivity contribution in [1.82, 2.24) is 9.97 Å². The van der Waals surface area contributed by atoms with Crippen molar-refractivity contribution in [2.24, 2.45) is 0 Å². The highest BCUT2D eigenvalue weighted by Crippen LogP contribution is 2.43. The molecule has 6 rings (SSSR count). The van der Waals surface area contributed by atoms with Gasteiger partial charge in [-0.25, -0.2) is 0 Å². The Balaban J connectivity index is 1.20. The number of hydrogen-bond donors (Lipinski definition) is 2. The van der Waals surface area contributed by atoms with E-state index in [1.54, 1.807) is 19.5 Å². The summed E-state index contributed by atoms with van der Waals surface area (Å²) in [5.41, 5.74) is 5.73. The summed E-state index contributed by atoms with van der Waals surface area (Å²) >= 11 is 0. The van der Waals surface area contributed by atoms with E-state index in [-0.39, 0.29) is 11.7 Å². The van der Waals surface area contributed by atoms with Gasteiger partial charge in [0.1, 0.15) is 29.0 Å². The SMILES string of the molecule is COc1ccnc(CNc2ccc3c(c2)Cc2cccc(C4CN(c5ccc[nH]c5=O)CCO4)c2O3)c1. The number of rotatable bonds is 6. The molecular weight excluding hydrogens is 468 g/mol. The number of nitrogens with one attached hydrogen (secondary N) is 2. The number of ether oxygens (including phenoxy) is 3. The second-order valence-electron chi connectivity index (χ2n) is 9.17. The van der Waals surface area contributed by atoms with Crippen LogP contribution in [0.25, 0.3) is 0 Å².